The molecule has 1 saturated carbocycles. The molecular weight excluding hydrogens is 300 g/mol. The van der Waals surface area contributed by atoms with Crippen molar-refractivity contribution in [2.24, 2.45) is 0 Å². The van der Waals surface area contributed by atoms with Crippen LogP contribution in [0.4, 0.5) is 4.79 Å². The van der Waals surface area contributed by atoms with E-state index in [9.17, 15) is 4.79 Å². The Morgan fingerprint density at radius 3 is 2.86 bits per heavy atom. The van der Waals surface area contributed by atoms with Gasteiger partial charge in [-0.05, 0) is 30.0 Å². The topological polar surface area (TPSA) is 38.3 Å². The Kier molecular flexibility index (Phi) is 5.33. The number of rotatable bonds is 4. The average Bonchev–Trinajstić information content (AvgIpc) is 3.16. The van der Waals surface area contributed by atoms with Crippen molar-refractivity contribution < 1.29 is 14.0 Å². The normalized spacial score (nSPS) is 19.8. The van der Waals surface area contributed by atoms with E-state index in [4.69, 9.17) is 16.3 Å². The summed E-state index contributed by atoms with van der Waals surface area (Å²) in [5.74, 6) is 6.17. The SMILES string of the molecule is C[N+](C)(C)CC#CCOC(=O)N[C@@H]1C[C@H]1c1cccc(Cl)c1. The maximum Gasteiger partial charge on any atom is 0.408 e. The molecule has 2 rings (SSSR count). The van der Waals surface area contributed by atoms with Gasteiger partial charge in [0.2, 0.25) is 0 Å². The van der Waals surface area contributed by atoms with Gasteiger partial charge in [-0.15, -0.1) is 0 Å². The Labute approximate surface area is 137 Å². The highest BCUT2D eigenvalue weighted by atomic mass is 35.5. The van der Waals surface area contributed by atoms with Crippen LogP contribution in [-0.2, 0) is 4.74 Å². The lowest BCUT2D eigenvalue weighted by molar-refractivity contribution is -0.862. The van der Waals surface area contributed by atoms with Gasteiger partial charge in [0.25, 0.3) is 0 Å². The highest BCUT2D eigenvalue weighted by Gasteiger charge is 2.39. The molecule has 1 fully saturated rings. The molecular formula is C17H22ClN2O2+. The second-order valence-electron chi connectivity index (χ2n) is 6.53. The predicted octanol–water partition coefficient (Wildman–Crippen LogP) is 2.63. The van der Waals surface area contributed by atoms with E-state index < -0.39 is 6.09 Å². The number of nitrogens with zero attached hydrogens (tertiary/aromatic N) is 1. The second-order valence-corrected chi connectivity index (χ2v) is 6.96. The number of nitrogens with one attached hydrogen (secondary N) is 1. The molecule has 0 saturated heterocycles. The lowest BCUT2D eigenvalue weighted by Crippen LogP contribution is -2.34. The molecule has 1 aromatic carbocycles. The minimum atomic E-state index is -0.408. The number of hydrogen-bond acceptors (Lipinski definition) is 2. The molecule has 22 heavy (non-hydrogen) atoms. The van der Waals surface area contributed by atoms with Gasteiger partial charge in [-0.25, -0.2) is 4.79 Å². The number of carbonyl (C=O) groups excluding carboxylic acids is 1. The van der Waals surface area contributed by atoms with Crippen molar-refractivity contribution in [3.05, 3.63) is 34.9 Å². The van der Waals surface area contributed by atoms with E-state index in [1.807, 2.05) is 24.3 Å². The summed E-state index contributed by atoms with van der Waals surface area (Å²) in [5.41, 5.74) is 1.15. The maximum atomic E-state index is 11.7. The van der Waals surface area contributed by atoms with Gasteiger partial charge in [0, 0.05) is 17.0 Å². The van der Waals surface area contributed by atoms with Crippen LogP contribution in [0, 0.1) is 11.8 Å². The van der Waals surface area contributed by atoms with Crippen LogP contribution in [0.3, 0.4) is 0 Å². The van der Waals surface area contributed by atoms with Crippen LogP contribution in [0.5, 0.6) is 0 Å². The molecule has 1 aliphatic rings. The largest absolute Gasteiger partial charge is 0.436 e. The van der Waals surface area contributed by atoms with E-state index in [0.29, 0.717) is 5.92 Å². The molecule has 5 heteroatoms. The number of halogens is 1. The Morgan fingerprint density at radius 2 is 2.18 bits per heavy atom. The van der Waals surface area contributed by atoms with Crippen LogP contribution in [-0.4, -0.2) is 50.9 Å². The number of amides is 1. The van der Waals surface area contributed by atoms with Crippen LogP contribution < -0.4 is 5.32 Å². The summed E-state index contributed by atoms with van der Waals surface area (Å²) in [4.78, 5) is 11.7. The zero-order valence-electron chi connectivity index (χ0n) is 13.2. The van der Waals surface area contributed by atoms with Crippen molar-refractivity contribution >= 4 is 17.7 Å². The number of alkyl carbamates (subject to hydrolysis) is 1. The lowest BCUT2D eigenvalue weighted by Gasteiger charge is -2.19. The van der Waals surface area contributed by atoms with Crippen molar-refractivity contribution in [2.75, 3.05) is 34.3 Å². The first-order valence-electron chi connectivity index (χ1n) is 7.30. The quantitative estimate of drug-likeness (QED) is 0.684. The van der Waals surface area contributed by atoms with Crippen LogP contribution in [0.1, 0.15) is 17.9 Å². The van der Waals surface area contributed by atoms with Gasteiger partial charge in [0.15, 0.2) is 6.61 Å². The molecule has 1 N–H and O–H groups in total. The summed E-state index contributed by atoms with van der Waals surface area (Å²) in [6.07, 6.45) is 0.511. The fourth-order valence-electron chi connectivity index (χ4n) is 2.10. The maximum absolute atomic E-state index is 11.7. The second kappa shape index (κ2) is 7.04. The summed E-state index contributed by atoms with van der Waals surface area (Å²) in [7, 11) is 6.18. The summed E-state index contributed by atoms with van der Waals surface area (Å²) in [6.45, 7) is 0.852. The molecule has 118 valence electrons. The van der Waals surface area contributed by atoms with E-state index in [2.05, 4.69) is 38.3 Å². The van der Waals surface area contributed by atoms with E-state index in [-0.39, 0.29) is 12.6 Å². The molecule has 0 aliphatic heterocycles. The van der Waals surface area contributed by atoms with E-state index in [1.165, 1.54) is 0 Å². The molecule has 0 aromatic heterocycles. The van der Waals surface area contributed by atoms with Gasteiger partial charge in [-0.2, -0.15) is 0 Å². The number of carbonyl (C=O) groups is 1. The smallest absolute Gasteiger partial charge is 0.408 e. The molecule has 0 bridgehead atoms. The van der Waals surface area contributed by atoms with Gasteiger partial charge in [0.05, 0.1) is 21.1 Å². The minimum Gasteiger partial charge on any atom is -0.436 e. The Morgan fingerprint density at radius 1 is 1.41 bits per heavy atom. The molecule has 4 nitrogen and oxygen atoms in total. The number of ether oxygens (including phenoxy) is 1. The molecule has 1 amide bonds. The summed E-state index contributed by atoms with van der Waals surface area (Å²) < 4.78 is 5.83. The van der Waals surface area contributed by atoms with Gasteiger partial charge in [-0.3, -0.25) is 0 Å². The van der Waals surface area contributed by atoms with Gasteiger partial charge in [0.1, 0.15) is 6.54 Å². The molecule has 0 unspecified atom stereocenters. The third kappa shape index (κ3) is 5.59. The highest BCUT2D eigenvalue weighted by molar-refractivity contribution is 6.30. The zero-order valence-corrected chi connectivity index (χ0v) is 14.0. The molecule has 0 spiro atoms. The zero-order chi connectivity index (χ0) is 16.2. The standard InChI is InChI=1S/C17H21ClN2O2/c1-20(2,3)9-4-5-10-22-17(21)19-16-12-15(16)13-7-6-8-14(18)11-13/h6-8,11,15-16H,9-10,12H2,1-3H3/p+1/t15-,16+/m0/s1. The van der Waals surface area contributed by atoms with E-state index in [1.54, 1.807) is 0 Å². The van der Waals surface area contributed by atoms with E-state index in [0.717, 1.165) is 28.0 Å². The van der Waals surface area contributed by atoms with E-state index >= 15 is 0 Å². The first kappa shape index (κ1) is 16.7. The average molecular weight is 322 g/mol. The monoisotopic (exact) mass is 321 g/mol. The highest BCUT2D eigenvalue weighted by Crippen LogP contribution is 2.41. The predicted molar refractivity (Wildman–Crippen MR) is 87.8 cm³/mol. The van der Waals surface area contributed by atoms with Gasteiger partial charge in [-0.1, -0.05) is 29.7 Å². The van der Waals surface area contributed by atoms with Crippen molar-refractivity contribution in [3.63, 3.8) is 0 Å². The van der Waals surface area contributed by atoms with Crippen LogP contribution in [0.25, 0.3) is 0 Å². The molecule has 1 aromatic rings. The first-order chi connectivity index (χ1) is 10.3. The van der Waals surface area contributed by atoms with Crippen molar-refractivity contribution in [1.82, 2.24) is 5.32 Å². The fraction of sp³-hybridized carbons (Fsp3) is 0.471. The number of hydrogen-bond donors (Lipinski definition) is 1. The lowest BCUT2D eigenvalue weighted by atomic mass is 10.1. The Balaban J connectivity index is 1.69. The van der Waals surface area contributed by atoms with Crippen molar-refractivity contribution in [3.8, 4) is 11.8 Å². The third-order valence-electron chi connectivity index (χ3n) is 3.32. The fourth-order valence-corrected chi connectivity index (χ4v) is 2.30. The Hall–Kier alpha value is -1.70. The third-order valence-corrected chi connectivity index (χ3v) is 3.56. The van der Waals surface area contributed by atoms with Crippen LogP contribution in [0.15, 0.2) is 24.3 Å². The van der Waals surface area contributed by atoms with Crippen LogP contribution >= 0.6 is 11.6 Å². The first-order valence-corrected chi connectivity index (χ1v) is 7.68. The summed E-state index contributed by atoms with van der Waals surface area (Å²) >= 11 is 5.97. The molecule has 0 heterocycles. The summed E-state index contributed by atoms with van der Waals surface area (Å²) in [5, 5.41) is 3.57. The van der Waals surface area contributed by atoms with Gasteiger partial charge >= 0.3 is 6.09 Å². The van der Waals surface area contributed by atoms with Crippen LogP contribution in [0.2, 0.25) is 5.02 Å². The molecule has 2 atom stereocenters. The summed E-state index contributed by atoms with van der Waals surface area (Å²) in [6, 6.07) is 7.87. The van der Waals surface area contributed by atoms with Crippen molar-refractivity contribution in [2.45, 2.75) is 18.4 Å². The number of benzene rings is 1. The Bertz CT molecular complexity index is 599. The minimum absolute atomic E-state index is 0.125. The van der Waals surface area contributed by atoms with Crippen molar-refractivity contribution in [1.29, 1.82) is 0 Å². The molecule has 0 radical (unpaired) electrons. The van der Waals surface area contributed by atoms with Gasteiger partial charge < -0.3 is 14.5 Å². The molecule has 1 aliphatic carbocycles. The number of quaternary nitrogens is 1.